The number of nitrogens with one attached hydrogen (secondary N) is 2. The number of hydrogen-bond acceptors (Lipinski definition) is 5. The van der Waals surface area contributed by atoms with Gasteiger partial charge in [0.2, 0.25) is 5.89 Å². The third-order valence-corrected chi connectivity index (χ3v) is 6.77. The van der Waals surface area contributed by atoms with Crippen LogP contribution < -0.4 is 10.0 Å². The minimum atomic E-state index is -3.78. The van der Waals surface area contributed by atoms with Crippen molar-refractivity contribution in [3.05, 3.63) is 108 Å². The van der Waals surface area contributed by atoms with E-state index in [4.69, 9.17) is 4.42 Å². The van der Waals surface area contributed by atoms with E-state index in [1.807, 2.05) is 37.3 Å². The first kappa shape index (κ1) is 22.4. The minimum Gasteiger partial charge on any atom is -0.436 e. The van der Waals surface area contributed by atoms with E-state index in [0.717, 1.165) is 16.6 Å². The summed E-state index contributed by atoms with van der Waals surface area (Å²) in [6.45, 7) is 1.88. The van der Waals surface area contributed by atoms with Gasteiger partial charge in [-0.05, 0) is 67.6 Å². The van der Waals surface area contributed by atoms with Crippen LogP contribution >= 0.6 is 0 Å². The molecule has 4 aromatic carbocycles. The average Bonchev–Trinajstić information content (AvgIpc) is 3.29. The van der Waals surface area contributed by atoms with Gasteiger partial charge in [0, 0.05) is 22.5 Å². The van der Waals surface area contributed by atoms with Crippen LogP contribution in [0.3, 0.4) is 0 Å². The van der Waals surface area contributed by atoms with E-state index < -0.39 is 10.0 Å². The monoisotopic (exact) mass is 483 g/mol. The van der Waals surface area contributed by atoms with Crippen LogP contribution in [0.1, 0.15) is 15.9 Å². The van der Waals surface area contributed by atoms with E-state index in [1.54, 1.807) is 48.5 Å². The first-order valence-electron chi connectivity index (χ1n) is 10.8. The first-order chi connectivity index (χ1) is 16.9. The van der Waals surface area contributed by atoms with E-state index in [2.05, 4.69) is 15.0 Å². The summed E-state index contributed by atoms with van der Waals surface area (Å²) in [5, 5.41) is 2.84. The summed E-state index contributed by atoms with van der Waals surface area (Å²) in [5.41, 5.74) is 4.27. The van der Waals surface area contributed by atoms with Crippen LogP contribution in [0.5, 0.6) is 0 Å². The Morgan fingerprint density at radius 3 is 2.37 bits per heavy atom. The van der Waals surface area contributed by atoms with Crippen LogP contribution in [0.25, 0.3) is 22.6 Å². The van der Waals surface area contributed by atoms with Gasteiger partial charge in [-0.15, -0.1) is 0 Å². The van der Waals surface area contributed by atoms with Crippen molar-refractivity contribution in [2.24, 2.45) is 0 Å². The number of aryl methyl sites for hydroxylation is 1. The molecule has 1 amide bonds. The van der Waals surface area contributed by atoms with Crippen molar-refractivity contribution in [3.63, 3.8) is 0 Å². The molecule has 0 saturated carbocycles. The van der Waals surface area contributed by atoms with Gasteiger partial charge in [-0.3, -0.25) is 9.52 Å². The lowest BCUT2D eigenvalue weighted by atomic mass is 10.1. The largest absolute Gasteiger partial charge is 0.436 e. The molecule has 0 unspecified atom stereocenters. The van der Waals surface area contributed by atoms with E-state index in [-0.39, 0.29) is 10.8 Å². The normalized spacial score (nSPS) is 11.3. The number of rotatable bonds is 6. The zero-order valence-electron chi connectivity index (χ0n) is 18.7. The molecule has 1 heterocycles. The second-order valence-electron chi connectivity index (χ2n) is 8.02. The van der Waals surface area contributed by atoms with E-state index >= 15 is 0 Å². The molecule has 0 bridgehead atoms. The molecule has 0 fully saturated rings. The van der Waals surface area contributed by atoms with Crippen molar-refractivity contribution in [1.82, 2.24) is 4.98 Å². The van der Waals surface area contributed by atoms with Crippen molar-refractivity contribution in [1.29, 1.82) is 0 Å². The van der Waals surface area contributed by atoms with Crippen LogP contribution in [0.2, 0.25) is 0 Å². The fourth-order valence-electron chi connectivity index (χ4n) is 3.58. The van der Waals surface area contributed by atoms with E-state index in [9.17, 15) is 13.2 Å². The molecule has 7 nitrogen and oxygen atoms in total. The number of fused-ring (bicyclic) bond motifs is 1. The summed E-state index contributed by atoms with van der Waals surface area (Å²) >= 11 is 0. The van der Waals surface area contributed by atoms with Gasteiger partial charge in [-0.2, -0.15) is 0 Å². The lowest BCUT2D eigenvalue weighted by molar-refractivity contribution is 0.102. The maximum atomic E-state index is 12.9. The first-order valence-corrected chi connectivity index (χ1v) is 12.3. The Hall–Kier alpha value is -4.43. The lowest BCUT2D eigenvalue weighted by Crippen LogP contribution is -2.15. The molecule has 0 aliphatic heterocycles. The Labute approximate surface area is 202 Å². The van der Waals surface area contributed by atoms with Gasteiger partial charge < -0.3 is 9.73 Å². The SMILES string of the molecule is Cc1ccc(S(=O)(=O)Nc2cccc(C(=O)Nc3cccc(-c4nc5ccccc5o4)c3)c2)cc1. The van der Waals surface area contributed by atoms with Crippen molar-refractivity contribution in [2.75, 3.05) is 10.0 Å². The quantitative estimate of drug-likeness (QED) is 0.315. The summed E-state index contributed by atoms with van der Waals surface area (Å²) in [6, 6.07) is 27.5. The second kappa shape index (κ2) is 9.08. The van der Waals surface area contributed by atoms with Gasteiger partial charge in [0.15, 0.2) is 5.58 Å². The number of aromatic nitrogens is 1. The summed E-state index contributed by atoms with van der Waals surface area (Å²) < 4.78 is 33.7. The Balaban J connectivity index is 1.34. The highest BCUT2D eigenvalue weighted by Gasteiger charge is 2.15. The number of sulfonamides is 1. The number of nitrogens with zero attached hydrogens (tertiary/aromatic N) is 1. The fourth-order valence-corrected chi connectivity index (χ4v) is 4.63. The molecule has 0 radical (unpaired) electrons. The number of oxazole rings is 1. The molecule has 174 valence electrons. The highest BCUT2D eigenvalue weighted by Crippen LogP contribution is 2.26. The molecule has 5 aromatic rings. The van der Waals surface area contributed by atoms with Crippen molar-refractivity contribution >= 4 is 38.4 Å². The highest BCUT2D eigenvalue weighted by molar-refractivity contribution is 7.92. The molecular formula is C27H21N3O4S. The number of carbonyl (C=O) groups is 1. The number of carbonyl (C=O) groups excluding carboxylic acids is 1. The standard InChI is InChI=1S/C27H21N3O4S/c1-18-12-14-23(15-13-18)35(32,33)30-22-9-4-6-19(16-22)26(31)28-21-8-5-7-20(17-21)27-29-24-10-2-3-11-25(24)34-27/h2-17,30H,1H3,(H,28,31). The number of para-hydroxylation sites is 2. The molecular weight excluding hydrogens is 462 g/mol. The smallest absolute Gasteiger partial charge is 0.261 e. The van der Waals surface area contributed by atoms with Crippen LogP contribution in [-0.4, -0.2) is 19.3 Å². The molecule has 0 aliphatic carbocycles. The Kier molecular flexibility index (Phi) is 5.80. The third-order valence-electron chi connectivity index (χ3n) is 5.37. The Morgan fingerprint density at radius 2 is 1.57 bits per heavy atom. The van der Waals surface area contributed by atoms with Gasteiger partial charge in [0.25, 0.3) is 15.9 Å². The Bertz CT molecular complexity index is 1610. The zero-order chi connectivity index (χ0) is 24.4. The van der Waals surface area contributed by atoms with Gasteiger partial charge in [-0.1, -0.05) is 42.0 Å². The summed E-state index contributed by atoms with van der Waals surface area (Å²) in [6.07, 6.45) is 0. The van der Waals surface area contributed by atoms with Crippen LogP contribution in [0.15, 0.2) is 106 Å². The lowest BCUT2D eigenvalue weighted by Gasteiger charge is -2.10. The maximum absolute atomic E-state index is 12.9. The molecule has 0 aliphatic rings. The second-order valence-corrected chi connectivity index (χ2v) is 9.70. The van der Waals surface area contributed by atoms with E-state index in [1.165, 1.54) is 18.2 Å². The molecule has 35 heavy (non-hydrogen) atoms. The minimum absolute atomic E-state index is 0.147. The van der Waals surface area contributed by atoms with Crippen LogP contribution in [0, 0.1) is 6.92 Å². The predicted molar refractivity (Wildman–Crippen MR) is 136 cm³/mol. The average molecular weight is 484 g/mol. The maximum Gasteiger partial charge on any atom is 0.261 e. The summed E-state index contributed by atoms with van der Waals surface area (Å²) in [5.74, 6) is 0.0749. The van der Waals surface area contributed by atoms with Crippen LogP contribution in [0.4, 0.5) is 11.4 Å². The third kappa shape index (κ3) is 4.92. The predicted octanol–water partition coefficient (Wildman–Crippen LogP) is 5.86. The molecule has 1 aromatic heterocycles. The van der Waals surface area contributed by atoms with E-state index in [0.29, 0.717) is 28.4 Å². The number of anilines is 2. The van der Waals surface area contributed by atoms with Crippen LogP contribution in [-0.2, 0) is 10.0 Å². The molecule has 5 rings (SSSR count). The molecule has 2 N–H and O–H groups in total. The van der Waals surface area contributed by atoms with Gasteiger partial charge >= 0.3 is 0 Å². The van der Waals surface area contributed by atoms with Gasteiger partial charge in [0.1, 0.15) is 5.52 Å². The molecule has 0 atom stereocenters. The van der Waals surface area contributed by atoms with Crippen molar-refractivity contribution in [2.45, 2.75) is 11.8 Å². The number of benzene rings is 4. The van der Waals surface area contributed by atoms with Crippen molar-refractivity contribution < 1.29 is 17.6 Å². The highest BCUT2D eigenvalue weighted by atomic mass is 32.2. The number of amides is 1. The number of hydrogen-bond donors (Lipinski definition) is 2. The fraction of sp³-hybridized carbons (Fsp3) is 0.0370. The van der Waals surface area contributed by atoms with Gasteiger partial charge in [0.05, 0.1) is 4.90 Å². The zero-order valence-corrected chi connectivity index (χ0v) is 19.5. The Morgan fingerprint density at radius 1 is 0.829 bits per heavy atom. The molecule has 0 spiro atoms. The summed E-state index contributed by atoms with van der Waals surface area (Å²) in [4.78, 5) is 17.5. The molecule has 8 heteroatoms. The van der Waals surface area contributed by atoms with Crippen molar-refractivity contribution in [3.8, 4) is 11.5 Å². The summed E-state index contributed by atoms with van der Waals surface area (Å²) in [7, 11) is -3.78. The topological polar surface area (TPSA) is 101 Å². The molecule has 0 saturated heterocycles. The van der Waals surface area contributed by atoms with Gasteiger partial charge in [-0.25, -0.2) is 13.4 Å².